The van der Waals surface area contributed by atoms with Crippen molar-refractivity contribution < 1.29 is 26.3 Å². The van der Waals surface area contributed by atoms with Crippen molar-refractivity contribution in [3.8, 4) is 0 Å². The number of thioether (sulfide) groups is 1. The maximum Gasteiger partial charge on any atom is 0.433 e. The zero-order chi connectivity index (χ0) is 22.6. The predicted octanol–water partition coefficient (Wildman–Crippen LogP) is 3.92. The molecule has 2 aliphatic heterocycles. The van der Waals surface area contributed by atoms with E-state index < -0.39 is 35.3 Å². The van der Waals surface area contributed by atoms with Gasteiger partial charge in [-0.3, -0.25) is 0 Å². The minimum atomic E-state index is -4.64. The van der Waals surface area contributed by atoms with Crippen molar-refractivity contribution in [1.82, 2.24) is 4.98 Å². The van der Waals surface area contributed by atoms with Gasteiger partial charge in [0.15, 0.2) is 0 Å². The second-order valence-electron chi connectivity index (χ2n) is 6.58. The minimum absolute atomic E-state index is 0.185. The Hall–Kier alpha value is -2.77. The van der Waals surface area contributed by atoms with Gasteiger partial charge in [-0.2, -0.15) is 26.3 Å². The van der Waals surface area contributed by atoms with Gasteiger partial charge >= 0.3 is 12.4 Å². The SMILES string of the molecule is NC1C2=C(N=CN1c1ccc(C(F)(F)F)nc1)SC(N)N2c1ccccc1C(F)(F)F. The maximum absolute atomic E-state index is 13.6. The Labute approximate surface area is 176 Å². The van der Waals surface area contributed by atoms with Gasteiger partial charge in [0.25, 0.3) is 0 Å². The van der Waals surface area contributed by atoms with Crippen molar-refractivity contribution in [2.45, 2.75) is 24.0 Å². The Kier molecular flexibility index (Phi) is 5.14. The Balaban J connectivity index is 1.71. The summed E-state index contributed by atoms with van der Waals surface area (Å²) in [7, 11) is 0. The van der Waals surface area contributed by atoms with Gasteiger partial charge in [-0.1, -0.05) is 23.9 Å². The number of nitrogens with two attached hydrogens (primary N) is 2. The van der Waals surface area contributed by atoms with Crippen LogP contribution in [0.3, 0.4) is 0 Å². The minimum Gasteiger partial charge on any atom is -0.314 e. The van der Waals surface area contributed by atoms with E-state index in [0.29, 0.717) is 5.03 Å². The smallest absolute Gasteiger partial charge is 0.314 e. The van der Waals surface area contributed by atoms with Crippen molar-refractivity contribution in [2.24, 2.45) is 16.5 Å². The highest BCUT2D eigenvalue weighted by atomic mass is 32.2. The molecule has 2 unspecified atom stereocenters. The fourth-order valence-electron chi connectivity index (χ4n) is 3.28. The van der Waals surface area contributed by atoms with Crippen LogP contribution in [0, 0.1) is 0 Å². The number of hydrogen-bond acceptors (Lipinski definition) is 7. The monoisotopic (exact) mass is 460 g/mol. The van der Waals surface area contributed by atoms with Crippen LogP contribution in [0.5, 0.6) is 0 Å². The summed E-state index contributed by atoms with van der Waals surface area (Å²) in [6.07, 6.45) is -8.06. The molecule has 0 spiro atoms. The molecule has 2 atom stereocenters. The molecule has 1 aromatic carbocycles. The number of pyridine rings is 1. The zero-order valence-electron chi connectivity index (χ0n) is 15.4. The van der Waals surface area contributed by atoms with E-state index in [1.807, 2.05) is 0 Å². The number of benzene rings is 1. The highest BCUT2D eigenvalue weighted by Gasteiger charge is 2.43. The highest BCUT2D eigenvalue weighted by molar-refractivity contribution is 8.04. The van der Waals surface area contributed by atoms with Crippen LogP contribution in [-0.2, 0) is 12.4 Å². The lowest BCUT2D eigenvalue weighted by molar-refractivity contribution is -0.141. The lowest BCUT2D eigenvalue weighted by Gasteiger charge is -2.36. The molecule has 3 heterocycles. The van der Waals surface area contributed by atoms with Gasteiger partial charge in [0.2, 0.25) is 0 Å². The summed E-state index contributed by atoms with van der Waals surface area (Å²) >= 11 is 1.03. The Morgan fingerprint density at radius 3 is 2.26 bits per heavy atom. The molecule has 13 heteroatoms. The van der Waals surface area contributed by atoms with Crippen LogP contribution < -0.4 is 21.3 Å². The standard InChI is InChI=1S/C18H14F6N6S/c19-17(20,21)10-3-1-2-4-11(10)30-13-14(25)29(8-28-15(13)31-16(30)26)9-5-6-12(27-7-9)18(22,23)24/h1-8,14,16H,25-26H2. The molecule has 6 nitrogen and oxygen atoms in total. The summed E-state index contributed by atoms with van der Waals surface area (Å²) in [5.74, 6) is 0. The molecule has 164 valence electrons. The molecule has 0 bridgehead atoms. The number of hydrogen-bond donors (Lipinski definition) is 2. The third kappa shape index (κ3) is 3.83. The molecular weight excluding hydrogens is 446 g/mol. The Bertz CT molecular complexity index is 1050. The number of anilines is 2. The maximum atomic E-state index is 13.6. The fourth-order valence-corrected chi connectivity index (χ4v) is 4.28. The van der Waals surface area contributed by atoms with Crippen molar-refractivity contribution in [2.75, 3.05) is 9.80 Å². The van der Waals surface area contributed by atoms with Crippen molar-refractivity contribution in [1.29, 1.82) is 0 Å². The number of rotatable bonds is 2. The summed E-state index contributed by atoms with van der Waals surface area (Å²) in [5.41, 5.74) is 9.68. The van der Waals surface area contributed by atoms with E-state index in [1.54, 1.807) is 0 Å². The van der Waals surface area contributed by atoms with Gasteiger partial charge < -0.3 is 21.3 Å². The number of aliphatic imine (C=N–C) groups is 1. The van der Waals surface area contributed by atoms with E-state index in [2.05, 4.69) is 9.98 Å². The lowest BCUT2D eigenvalue weighted by Crippen LogP contribution is -2.51. The third-order valence-electron chi connectivity index (χ3n) is 4.65. The first kappa shape index (κ1) is 21.5. The van der Waals surface area contributed by atoms with Crippen molar-refractivity contribution >= 4 is 29.5 Å². The topological polar surface area (TPSA) is 83.8 Å². The molecule has 4 rings (SSSR count). The lowest BCUT2D eigenvalue weighted by atomic mass is 10.1. The Morgan fingerprint density at radius 2 is 1.65 bits per heavy atom. The number of halogens is 6. The van der Waals surface area contributed by atoms with E-state index in [1.165, 1.54) is 34.3 Å². The van der Waals surface area contributed by atoms with Gasteiger partial charge in [0.05, 0.1) is 35.2 Å². The number of alkyl halides is 6. The zero-order valence-corrected chi connectivity index (χ0v) is 16.2. The molecule has 0 saturated carbocycles. The number of aromatic nitrogens is 1. The summed E-state index contributed by atoms with van der Waals surface area (Å²) in [5, 5.41) is 0.327. The second kappa shape index (κ2) is 7.43. The van der Waals surface area contributed by atoms with Crippen LogP contribution >= 0.6 is 11.8 Å². The van der Waals surface area contributed by atoms with E-state index in [0.717, 1.165) is 36.2 Å². The molecule has 0 aliphatic carbocycles. The largest absolute Gasteiger partial charge is 0.433 e. The van der Waals surface area contributed by atoms with Gasteiger partial charge in [-0.05, 0) is 24.3 Å². The molecule has 1 aromatic heterocycles. The number of para-hydroxylation sites is 1. The summed E-state index contributed by atoms with van der Waals surface area (Å²) in [6, 6.07) is 6.84. The van der Waals surface area contributed by atoms with Crippen molar-refractivity contribution in [3.05, 3.63) is 64.6 Å². The van der Waals surface area contributed by atoms with Crippen molar-refractivity contribution in [3.63, 3.8) is 0 Å². The molecule has 4 N–H and O–H groups in total. The molecule has 2 aromatic rings. The van der Waals surface area contributed by atoms with E-state index in [9.17, 15) is 26.3 Å². The summed E-state index contributed by atoms with van der Waals surface area (Å²) in [6.45, 7) is 0. The quantitative estimate of drug-likeness (QED) is 0.662. The molecule has 0 radical (unpaired) electrons. The number of nitrogens with zero attached hydrogens (tertiary/aromatic N) is 4. The fraction of sp³-hybridized carbons (Fsp3) is 0.222. The molecule has 31 heavy (non-hydrogen) atoms. The van der Waals surface area contributed by atoms with Crippen LogP contribution in [0.15, 0.2) is 58.3 Å². The first-order valence-corrected chi connectivity index (χ1v) is 9.59. The second-order valence-corrected chi connectivity index (χ2v) is 7.69. The third-order valence-corrected chi connectivity index (χ3v) is 5.64. The van der Waals surface area contributed by atoms with Crippen LogP contribution in [-0.4, -0.2) is 23.0 Å². The average Bonchev–Trinajstić information content (AvgIpc) is 3.04. The predicted molar refractivity (Wildman–Crippen MR) is 105 cm³/mol. The first-order chi connectivity index (χ1) is 14.5. The Morgan fingerprint density at radius 1 is 0.935 bits per heavy atom. The van der Waals surface area contributed by atoms with Gasteiger partial charge in [0.1, 0.15) is 22.4 Å². The van der Waals surface area contributed by atoms with Gasteiger partial charge in [0, 0.05) is 0 Å². The van der Waals surface area contributed by atoms with Crippen LogP contribution in [0.2, 0.25) is 0 Å². The van der Waals surface area contributed by atoms with E-state index in [4.69, 9.17) is 11.5 Å². The highest BCUT2D eigenvalue weighted by Crippen LogP contribution is 2.46. The molecule has 2 aliphatic rings. The summed E-state index contributed by atoms with van der Waals surface area (Å²) < 4.78 is 79.0. The van der Waals surface area contributed by atoms with E-state index in [-0.39, 0.29) is 17.1 Å². The molecule has 0 amide bonds. The van der Waals surface area contributed by atoms with Crippen LogP contribution in [0.1, 0.15) is 11.3 Å². The summed E-state index contributed by atoms with van der Waals surface area (Å²) in [4.78, 5) is 10.1. The van der Waals surface area contributed by atoms with E-state index >= 15 is 0 Å². The normalized spacial score (nSPS) is 21.7. The molecule has 0 fully saturated rings. The average molecular weight is 460 g/mol. The van der Waals surface area contributed by atoms with Gasteiger partial charge in [-0.15, -0.1) is 0 Å². The molecular formula is C18H14F6N6S. The molecule has 0 saturated heterocycles. The van der Waals surface area contributed by atoms with Crippen LogP contribution in [0.4, 0.5) is 37.7 Å². The van der Waals surface area contributed by atoms with Gasteiger partial charge in [-0.25, -0.2) is 9.98 Å². The first-order valence-electron chi connectivity index (χ1n) is 8.71. The van der Waals surface area contributed by atoms with Crippen LogP contribution in [0.25, 0.3) is 0 Å².